The van der Waals surface area contributed by atoms with Crippen molar-refractivity contribution in [3.8, 4) is 56.5 Å². The van der Waals surface area contributed by atoms with Crippen molar-refractivity contribution in [2.45, 2.75) is 6.92 Å². The van der Waals surface area contributed by atoms with Crippen LogP contribution in [0.3, 0.4) is 0 Å². The predicted molar refractivity (Wildman–Crippen MR) is 167 cm³/mol. The van der Waals surface area contributed by atoms with Crippen molar-refractivity contribution in [2.24, 2.45) is 0 Å². The third-order valence-electron chi connectivity index (χ3n) is 7.32. The van der Waals surface area contributed by atoms with Crippen molar-refractivity contribution in [2.75, 3.05) is 0 Å². The van der Waals surface area contributed by atoms with Gasteiger partial charge in [0.05, 0.1) is 5.69 Å². The third kappa shape index (κ3) is 4.88. The highest BCUT2D eigenvalue weighted by Gasteiger charge is 2.15. The molecule has 5 aromatic carbocycles. The summed E-state index contributed by atoms with van der Waals surface area (Å²) in [6, 6.07) is 45.7. The van der Waals surface area contributed by atoms with Gasteiger partial charge >= 0.3 is 0 Å². The standard InChI is InChI=1S/C37H26N4/c1-25-10-9-23-38-34(25)30-15-7-16-31(24-30)36-39-35(29-21-19-27(20-22-29)26-11-3-2-4-12-26)40-37(41-36)33-18-8-14-28-13-5-6-17-32(28)33/h2-24H,1H3. The minimum absolute atomic E-state index is 0.625. The molecule has 0 aliphatic heterocycles. The molecule has 41 heavy (non-hydrogen) atoms. The quantitative estimate of drug-likeness (QED) is 0.224. The van der Waals surface area contributed by atoms with Gasteiger partial charge in [0.25, 0.3) is 0 Å². The Morgan fingerprint density at radius 2 is 1.05 bits per heavy atom. The van der Waals surface area contributed by atoms with E-state index in [1.54, 1.807) is 0 Å². The van der Waals surface area contributed by atoms with Gasteiger partial charge in [-0.2, -0.15) is 0 Å². The molecular formula is C37H26N4. The first-order valence-corrected chi connectivity index (χ1v) is 13.7. The monoisotopic (exact) mass is 526 g/mol. The van der Waals surface area contributed by atoms with Crippen LogP contribution in [0, 0.1) is 6.92 Å². The van der Waals surface area contributed by atoms with Crippen molar-refractivity contribution in [3.63, 3.8) is 0 Å². The third-order valence-corrected chi connectivity index (χ3v) is 7.32. The van der Waals surface area contributed by atoms with E-state index in [0.29, 0.717) is 17.5 Å². The van der Waals surface area contributed by atoms with Gasteiger partial charge in [-0.3, -0.25) is 4.98 Å². The summed E-state index contributed by atoms with van der Waals surface area (Å²) in [5, 5.41) is 2.25. The molecule has 0 N–H and O–H groups in total. The lowest BCUT2D eigenvalue weighted by Gasteiger charge is -2.11. The summed E-state index contributed by atoms with van der Waals surface area (Å²) in [5.74, 6) is 1.91. The fourth-order valence-electron chi connectivity index (χ4n) is 5.21. The number of nitrogens with zero attached hydrogens (tertiary/aromatic N) is 4. The van der Waals surface area contributed by atoms with Crippen LogP contribution in [0.15, 0.2) is 140 Å². The Balaban J connectivity index is 1.39. The fourth-order valence-corrected chi connectivity index (χ4v) is 5.21. The van der Waals surface area contributed by atoms with E-state index in [2.05, 4.69) is 121 Å². The second-order valence-electron chi connectivity index (χ2n) is 10.0. The van der Waals surface area contributed by atoms with E-state index in [-0.39, 0.29) is 0 Å². The molecule has 0 amide bonds. The van der Waals surface area contributed by atoms with Crippen LogP contribution in [0.5, 0.6) is 0 Å². The number of aromatic nitrogens is 4. The topological polar surface area (TPSA) is 51.6 Å². The highest BCUT2D eigenvalue weighted by molar-refractivity contribution is 5.95. The average molecular weight is 527 g/mol. The zero-order valence-electron chi connectivity index (χ0n) is 22.6. The molecule has 0 unspecified atom stereocenters. The van der Waals surface area contributed by atoms with Crippen LogP contribution >= 0.6 is 0 Å². The van der Waals surface area contributed by atoms with Crippen molar-refractivity contribution < 1.29 is 0 Å². The summed E-state index contributed by atoms with van der Waals surface area (Å²) in [7, 11) is 0. The molecule has 2 aromatic heterocycles. The molecule has 0 saturated carbocycles. The van der Waals surface area contributed by atoms with E-state index in [1.165, 1.54) is 5.56 Å². The van der Waals surface area contributed by atoms with Gasteiger partial charge in [-0.1, -0.05) is 121 Å². The number of rotatable bonds is 5. The van der Waals surface area contributed by atoms with E-state index in [1.807, 2.05) is 30.5 Å². The average Bonchev–Trinajstić information content (AvgIpc) is 3.05. The molecule has 0 bridgehead atoms. The van der Waals surface area contributed by atoms with E-state index in [4.69, 9.17) is 15.0 Å². The summed E-state index contributed by atoms with van der Waals surface area (Å²) in [6.07, 6.45) is 1.83. The van der Waals surface area contributed by atoms with E-state index in [9.17, 15) is 0 Å². The predicted octanol–water partition coefficient (Wildman–Crippen LogP) is 9.06. The Morgan fingerprint density at radius 1 is 0.439 bits per heavy atom. The molecule has 7 aromatic rings. The van der Waals surface area contributed by atoms with Crippen LogP contribution in [0.4, 0.5) is 0 Å². The zero-order chi connectivity index (χ0) is 27.6. The number of hydrogen-bond donors (Lipinski definition) is 0. The number of benzene rings is 5. The second kappa shape index (κ2) is 10.6. The van der Waals surface area contributed by atoms with Gasteiger partial charge < -0.3 is 0 Å². The number of aryl methyl sites for hydroxylation is 1. The molecule has 0 spiro atoms. The van der Waals surface area contributed by atoms with Crippen LogP contribution in [0.25, 0.3) is 67.3 Å². The van der Waals surface area contributed by atoms with Gasteiger partial charge in [-0.25, -0.2) is 15.0 Å². The summed E-state index contributed by atoms with van der Waals surface area (Å²) < 4.78 is 0. The van der Waals surface area contributed by atoms with Crippen LogP contribution < -0.4 is 0 Å². The molecule has 2 heterocycles. The van der Waals surface area contributed by atoms with E-state index in [0.717, 1.165) is 49.8 Å². The molecule has 0 saturated heterocycles. The van der Waals surface area contributed by atoms with Crippen LogP contribution in [-0.4, -0.2) is 19.9 Å². The molecule has 194 valence electrons. The molecule has 0 radical (unpaired) electrons. The molecule has 4 nitrogen and oxygen atoms in total. The van der Waals surface area contributed by atoms with Gasteiger partial charge in [0.15, 0.2) is 17.5 Å². The lowest BCUT2D eigenvalue weighted by Crippen LogP contribution is -2.01. The Hall–Kier alpha value is -5.48. The highest BCUT2D eigenvalue weighted by Crippen LogP contribution is 2.32. The largest absolute Gasteiger partial charge is 0.256 e. The molecular weight excluding hydrogens is 500 g/mol. The lowest BCUT2D eigenvalue weighted by atomic mass is 10.0. The lowest BCUT2D eigenvalue weighted by molar-refractivity contribution is 1.08. The summed E-state index contributed by atoms with van der Waals surface area (Å²) in [5.41, 5.74) is 8.26. The molecule has 0 aliphatic carbocycles. The van der Waals surface area contributed by atoms with Crippen molar-refractivity contribution in [1.82, 2.24) is 19.9 Å². The van der Waals surface area contributed by atoms with Crippen LogP contribution in [-0.2, 0) is 0 Å². The Kier molecular flexibility index (Phi) is 6.34. The van der Waals surface area contributed by atoms with Gasteiger partial charge in [-0.15, -0.1) is 0 Å². The first-order chi connectivity index (χ1) is 20.2. The second-order valence-corrected chi connectivity index (χ2v) is 10.0. The van der Waals surface area contributed by atoms with E-state index >= 15 is 0 Å². The first kappa shape index (κ1) is 24.6. The van der Waals surface area contributed by atoms with Gasteiger partial charge in [-0.05, 0) is 46.5 Å². The Labute approximate surface area is 239 Å². The maximum Gasteiger partial charge on any atom is 0.164 e. The zero-order valence-corrected chi connectivity index (χ0v) is 22.6. The minimum Gasteiger partial charge on any atom is -0.256 e. The molecule has 0 atom stereocenters. The first-order valence-electron chi connectivity index (χ1n) is 13.7. The maximum absolute atomic E-state index is 5.03. The molecule has 4 heteroatoms. The Bertz CT molecular complexity index is 1990. The summed E-state index contributed by atoms with van der Waals surface area (Å²) in [4.78, 5) is 19.7. The highest BCUT2D eigenvalue weighted by atomic mass is 15.0. The van der Waals surface area contributed by atoms with Gasteiger partial charge in [0.2, 0.25) is 0 Å². The summed E-state index contributed by atoms with van der Waals surface area (Å²) in [6.45, 7) is 2.08. The molecule has 0 fully saturated rings. The van der Waals surface area contributed by atoms with Crippen LogP contribution in [0.2, 0.25) is 0 Å². The number of hydrogen-bond acceptors (Lipinski definition) is 4. The number of pyridine rings is 1. The Morgan fingerprint density at radius 3 is 1.88 bits per heavy atom. The fraction of sp³-hybridized carbons (Fsp3) is 0.0270. The van der Waals surface area contributed by atoms with Gasteiger partial charge in [0.1, 0.15) is 0 Å². The SMILES string of the molecule is Cc1cccnc1-c1cccc(-c2nc(-c3ccc(-c4ccccc4)cc3)nc(-c3cccc4ccccc34)n2)c1. The van der Waals surface area contributed by atoms with Crippen molar-refractivity contribution in [3.05, 3.63) is 145 Å². The van der Waals surface area contributed by atoms with Crippen molar-refractivity contribution in [1.29, 1.82) is 0 Å². The number of fused-ring (bicyclic) bond motifs is 1. The van der Waals surface area contributed by atoms with Gasteiger partial charge in [0, 0.05) is 28.5 Å². The summed E-state index contributed by atoms with van der Waals surface area (Å²) >= 11 is 0. The minimum atomic E-state index is 0.625. The maximum atomic E-state index is 5.03. The molecule has 7 rings (SSSR count). The van der Waals surface area contributed by atoms with E-state index < -0.39 is 0 Å². The smallest absolute Gasteiger partial charge is 0.164 e. The van der Waals surface area contributed by atoms with Crippen molar-refractivity contribution >= 4 is 10.8 Å². The van der Waals surface area contributed by atoms with Crippen LogP contribution in [0.1, 0.15) is 5.56 Å². The molecule has 0 aliphatic rings. The normalized spacial score (nSPS) is 11.0.